The Hall–Kier alpha value is -5.60. The van der Waals surface area contributed by atoms with Crippen LogP contribution in [0.25, 0.3) is 11.2 Å². The van der Waals surface area contributed by atoms with Crippen LogP contribution in [0.3, 0.4) is 0 Å². The molecule has 1 aliphatic rings. The van der Waals surface area contributed by atoms with E-state index in [-0.39, 0.29) is 65.6 Å². The Morgan fingerprint density at radius 1 is 0.455 bits per heavy atom. The molecule has 0 saturated carbocycles. The third-order valence-electron chi connectivity index (χ3n) is 24.7. The van der Waals surface area contributed by atoms with E-state index in [1.54, 1.807) is 10.6 Å². The van der Waals surface area contributed by atoms with E-state index in [0.717, 1.165) is 290 Å². The highest BCUT2D eigenvalue weighted by Gasteiger charge is 2.23. The SMILES string of the molecule is CCCCCCC(CC)OC(=O)CCCCCCCCN(CCCCCCCCC(=O)OC(CC)CCCCCC)CCN(C)CCN(C)CCN(C)CCN(CCCCCCCCC(=O)OC(CC)CCCCCC)CCCCCC(=O)Nc1nc(OCCCC)nc2c1[nH]c(=O)n2CCCN(CCCN1CCOCC1)Cc1cccc(C(=O)OC)c1. The molecule has 0 radical (unpaired) electrons. The molecule has 1 fully saturated rings. The maximum absolute atomic E-state index is 13.9. The molecule has 3 aromatic rings. The zero-order chi connectivity index (χ0) is 89.0. The summed E-state index contributed by atoms with van der Waals surface area (Å²) >= 11 is 0. The highest BCUT2D eigenvalue weighted by Crippen LogP contribution is 2.25. The van der Waals surface area contributed by atoms with Gasteiger partial charge in [0.15, 0.2) is 11.5 Å². The number of methoxy groups -OCH3 is 1. The number of aromatic amines is 1. The zero-order valence-electron chi connectivity index (χ0n) is 80.2. The molecule has 1 aromatic carbocycles. The fourth-order valence-corrected chi connectivity index (χ4v) is 16.3. The Balaban J connectivity index is 1.30. The van der Waals surface area contributed by atoms with Crippen LogP contribution >= 0.6 is 0 Å². The monoisotopic (exact) mass is 1730 g/mol. The summed E-state index contributed by atoms with van der Waals surface area (Å²) in [5, 5.41) is 3.05. The lowest BCUT2D eigenvalue weighted by molar-refractivity contribution is -0.150. The molecule has 24 heteroatoms. The number of anilines is 1. The first-order chi connectivity index (χ1) is 59.9. The number of likely N-dealkylation sites (N-methyl/N-ethyl adjacent to an activating group) is 3. The quantitative estimate of drug-likeness (QED) is 0.0303. The second kappa shape index (κ2) is 72.3. The van der Waals surface area contributed by atoms with Crippen LogP contribution < -0.4 is 15.7 Å². The molecule has 3 heterocycles. The number of aryl methyl sites for hydroxylation is 1. The van der Waals surface area contributed by atoms with Crippen molar-refractivity contribution in [1.82, 2.24) is 53.8 Å². The number of rotatable bonds is 82. The summed E-state index contributed by atoms with van der Waals surface area (Å²) in [7, 11) is 8.19. The maximum Gasteiger partial charge on any atom is 0.337 e. The van der Waals surface area contributed by atoms with Crippen molar-refractivity contribution in [2.24, 2.45) is 0 Å². The number of imidazole rings is 1. The smallest absolute Gasteiger partial charge is 0.337 e. The number of carbonyl (C=O) groups is 5. The van der Waals surface area contributed by atoms with Gasteiger partial charge in [-0.3, -0.25) is 33.5 Å². The van der Waals surface area contributed by atoms with E-state index >= 15 is 0 Å². The van der Waals surface area contributed by atoms with Gasteiger partial charge in [0.1, 0.15) is 23.8 Å². The Kier molecular flexibility index (Phi) is 64.5. The number of esters is 4. The van der Waals surface area contributed by atoms with Crippen molar-refractivity contribution in [2.75, 3.05) is 165 Å². The largest absolute Gasteiger partial charge is 0.465 e. The Morgan fingerprint density at radius 2 is 0.854 bits per heavy atom. The molecule has 123 heavy (non-hydrogen) atoms. The second-order valence-electron chi connectivity index (χ2n) is 35.6. The van der Waals surface area contributed by atoms with Gasteiger partial charge in [0.05, 0.1) is 32.5 Å². The predicted molar refractivity (Wildman–Crippen MR) is 504 cm³/mol. The number of carbonyl (C=O) groups excluding carboxylic acids is 5. The van der Waals surface area contributed by atoms with Gasteiger partial charge in [-0.2, -0.15) is 9.97 Å². The van der Waals surface area contributed by atoms with Crippen molar-refractivity contribution in [2.45, 2.75) is 382 Å². The van der Waals surface area contributed by atoms with E-state index in [2.05, 4.69) is 119 Å². The maximum atomic E-state index is 13.9. The molecule has 1 aliphatic heterocycles. The van der Waals surface area contributed by atoms with Crippen molar-refractivity contribution in [3.8, 4) is 6.01 Å². The van der Waals surface area contributed by atoms with Crippen LogP contribution in [0, 0.1) is 0 Å². The fourth-order valence-electron chi connectivity index (χ4n) is 16.3. The summed E-state index contributed by atoms with van der Waals surface area (Å²) in [6.45, 7) is 34.6. The lowest BCUT2D eigenvalue weighted by Gasteiger charge is -2.28. The van der Waals surface area contributed by atoms with Crippen molar-refractivity contribution < 1.29 is 52.4 Å². The van der Waals surface area contributed by atoms with E-state index in [4.69, 9.17) is 33.4 Å². The average Bonchev–Trinajstić information content (AvgIpc) is 1.65. The molecule has 0 spiro atoms. The summed E-state index contributed by atoms with van der Waals surface area (Å²) in [6, 6.07) is 7.69. The molecular weight excluding hydrogens is 1550 g/mol. The molecule has 3 unspecified atom stereocenters. The van der Waals surface area contributed by atoms with Crippen molar-refractivity contribution in [1.29, 1.82) is 0 Å². The molecule has 1 saturated heterocycles. The van der Waals surface area contributed by atoms with Crippen LogP contribution in [-0.4, -0.2) is 261 Å². The van der Waals surface area contributed by atoms with Crippen molar-refractivity contribution in [3.05, 3.63) is 45.9 Å². The number of morpholine rings is 1. The lowest BCUT2D eigenvalue weighted by atomic mass is 10.1. The van der Waals surface area contributed by atoms with Gasteiger partial charge in [0.2, 0.25) is 5.91 Å². The van der Waals surface area contributed by atoms with Gasteiger partial charge in [-0.1, -0.05) is 208 Å². The summed E-state index contributed by atoms with van der Waals surface area (Å²) < 4.78 is 35.9. The summed E-state index contributed by atoms with van der Waals surface area (Å²) in [6.07, 6.45) is 48.0. The summed E-state index contributed by atoms with van der Waals surface area (Å²) in [5.41, 5.74) is 1.95. The Morgan fingerprint density at radius 3 is 1.29 bits per heavy atom. The van der Waals surface area contributed by atoms with Crippen LogP contribution in [0.4, 0.5) is 5.82 Å². The minimum Gasteiger partial charge on any atom is -0.465 e. The van der Waals surface area contributed by atoms with Crippen LogP contribution in [0.5, 0.6) is 6.01 Å². The first-order valence-corrected chi connectivity index (χ1v) is 50.2. The number of ether oxygens (including phenoxy) is 6. The summed E-state index contributed by atoms with van der Waals surface area (Å²) in [4.78, 5) is 109. The fraction of sp³-hybridized carbons (Fsp3) is 0.838. The minimum atomic E-state index is -0.371. The highest BCUT2D eigenvalue weighted by molar-refractivity contribution is 5.97. The number of nitrogens with zero attached hydrogens (tertiary/aromatic N) is 10. The molecule has 708 valence electrons. The van der Waals surface area contributed by atoms with E-state index in [9.17, 15) is 28.8 Å². The number of hydrogen-bond acceptors (Lipinski definition) is 21. The number of aromatic nitrogens is 4. The van der Waals surface area contributed by atoms with Gasteiger partial charge >= 0.3 is 35.6 Å². The normalized spacial score (nSPS) is 13.5. The molecule has 24 nitrogen and oxygen atoms in total. The van der Waals surface area contributed by atoms with Gasteiger partial charge in [0.25, 0.3) is 0 Å². The van der Waals surface area contributed by atoms with Gasteiger partial charge in [0, 0.05) is 111 Å². The van der Waals surface area contributed by atoms with Gasteiger partial charge < -0.3 is 63.2 Å². The minimum absolute atomic E-state index is 0.0181. The van der Waals surface area contributed by atoms with Crippen LogP contribution in [0.1, 0.15) is 366 Å². The number of H-pyrrole nitrogens is 1. The van der Waals surface area contributed by atoms with Gasteiger partial charge in [-0.15, -0.1) is 0 Å². The number of unbranched alkanes of at least 4 members (excludes halogenated alkanes) is 27. The molecule has 2 N–H and O–H groups in total. The Labute approximate surface area is 747 Å². The molecule has 0 aliphatic carbocycles. The second-order valence-corrected chi connectivity index (χ2v) is 35.6. The van der Waals surface area contributed by atoms with E-state index in [1.165, 1.54) is 103 Å². The van der Waals surface area contributed by atoms with Crippen molar-refractivity contribution in [3.63, 3.8) is 0 Å². The topological polar surface area (TPSA) is 239 Å². The van der Waals surface area contributed by atoms with Crippen LogP contribution in [0.15, 0.2) is 29.1 Å². The number of hydrogen-bond donors (Lipinski definition) is 2. The van der Waals surface area contributed by atoms with Gasteiger partial charge in [-0.05, 0) is 207 Å². The molecule has 4 rings (SSSR count). The first-order valence-electron chi connectivity index (χ1n) is 50.2. The molecule has 1 amide bonds. The standard InChI is InChI=1S/C99H180N12O12/c1-12-19-23-39-55-87(16-5)121-91(113)59-43-32-26-29-35-46-62-107(63-47-36-30-27-33-44-60-92(114)122-88(17-6)56-40-24-20-13-2)76-74-105(9)72-70-104(8)71-73-106(10)75-77-108(64-48-37-31-28-34-45-61-93(115)123-89(18-7)57-41-25-21-14-3)65-49-38-42-58-90(112)100-95-94-96(103-98(102-95)120-80-22-15-4)111(99(117)101-94)69-52-68-110(67-51-66-109-78-81-119-82-79-109)84-85-53-50-54-86(83-85)97(116)118-11/h50,53-54,83,87-89H,12-49,51-52,55-82,84H2,1-11H3,(H,101,117)(H,100,102,103,112). The highest BCUT2D eigenvalue weighted by atomic mass is 16.6. The van der Waals surface area contributed by atoms with Crippen molar-refractivity contribution >= 4 is 46.8 Å². The molecule has 2 aromatic heterocycles. The van der Waals surface area contributed by atoms with E-state index in [1.807, 2.05) is 18.2 Å². The third kappa shape index (κ3) is 53.7. The Bertz CT molecular complexity index is 3160. The number of benzene rings is 1. The van der Waals surface area contributed by atoms with E-state index < -0.39 is 0 Å². The summed E-state index contributed by atoms with van der Waals surface area (Å²) in [5.74, 6) is -0.384. The molecule has 3 atom stereocenters. The predicted octanol–water partition coefficient (Wildman–Crippen LogP) is 19.7. The number of nitrogens with one attached hydrogen (secondary N) is 2. The zero-order valence-corrected chi connectivity index (χ0v) is 80.2. The van der Waals surface area contributed by atoms with Crippen LogP contribution in [0.2, 0.25) is 0 Å². The molecular formula is C99H180N12O12. The number of fused-ring (bicyclic) bond motifs is 1. The lowest BCUT2D eigenvalue weighted by Crippen LogP contribution is -2.40. The number of amides is 1. The first kappa shape index (κ1) is 110. The molecule has 0 bridgehead atoms. The van der Waals surface area contributed by atoms with E-state index in [0.29, 0.717) is 81.5 Å². The van der Waals surface area contributed by atoms with Crippen LogP contribution in [-0.2, 0) is 56.0 Å². The van der Waals surface area contributed by atoms with Gasteiger partial charge in [-0.25, -0.2) is 9.59 Å². The average molecular weight is 1730 g/mol. The third-order valence-corrected chi connectivity index (χ3v) is 24.7.